The zero-order valence-corrected chi connectivity index (χ0v) is 12.7. The summed E-state index contributed by atoms with van der Waals surface area (Å²) < 4.78 is 20.0. The average Bonchev–Trinajstić information content (AvgIpc) is 2.70. The van der Waals surface area contributed by atoms with Gasteiger partial charge in [0.25, 0.3) is 0 Å². The zero-order valence-electron chi connectivity index (χ0n) is 11.0. The van der Waals surface area contributed by atoms with E-state index in [1.165, 1.54) is 11.4 Å². The molecule has 0 amide bonds. The van der Waals surface area contributed by atoms with Crippen LogP contribution in [-0.4, -0.2) is 48.0 Å². The molecule has 1 atom stereocenters. The van der Waals surface area contributed by atoms with E-state index in [4.69, 9.17) is 9.79 Å². The van der Waals surface area contributed by atoms with E-state index in [-0.39, 0.29) is 0 Å². The summed E-state index contributed by atoms with van der Waals surface area (Å²) in [5.41, 5.74) is 0. The third-order valence-corrected chi connectivity index (χ3v) is 7.32. The summed E-state index contributed by atoms with van der Waals surface area (Å²) in [5, 5.41) is 8.71. The number of nitrogens with zero attached hydrogens (tertiary/aromatic N) is 4. The molecule has 1 heterocycles. The highest BCUT2D eigenvalue weighted by atomic mass is 32.7. The summed E-state index contributed by atoms with van der Waals surface area (Å²) in [7, 11) is 1.83. The second-order valence-corrected chi connectivity index (χ2v) is 8.28. The third-order valence-electron chi connectivity index (χ3n) is 2.42. The van der Waals surface area contributed by atoms with E-state index in [0.717, 1.165) is 12.2 Å². The maximum atomic E-state index is 12.9. The molecule has 102 valence electrons. The second-order valence-electron chi connectivity index (χ2n) is 3.78. The summed E-state index contributed by atoms with van der Waals surface area (Å²) in [6, 6.07) is 0. The van der Waals surface area contributed by atoms with Crippen molar-refractivity contribution in [3.63, 3.8) is 0 Å². The van der Waals surface area contributed by atoms with Crippen molar-refractivity contribution in [3.05, 3.63) is 0 Å². The molecule has 0 spiro atoms. The topological polar surface area (TPSA) is 68.9 Å². The Balaban J connectivity index is 2.95. The molecule has 0 aromatic rings. The van der Waals surface area contributed by atoms with Crippen LogP contribution in [0.2, 0.25) is 0 Å². The Bertz CT molecular complexity index is 396. The number of hydrogen-bond acceptors (Lipinski definition) is 5. The number of likely N-dealkylation sites (N-methyl/N-ethyl adjacent to an activating group) is 1. The predicted molar refractivity (Wildman–Crippen MR) is 74.4 cm³/mol. The van der Waals surface area contributed by atoms with Crippen molar-refractivity contribution < 1.29 is 9.09 Å². The first-order chi connectivity index (χ1) is 8.59. The van der Waals surface area contributed by atoms with Crippen molar-refractivity contribution in [1.82, 2.24) is 9.57 Å². The molecule has 18 heavy (non-hydrogen) atoms. The van der Waals surface area contributed by atoms with Gasteiger partial charge in [-0.2, -0.15) is 5.26 Å². The van der Waals surface area contributed by atoms with Gasteiger partial charge in [0.2, 0.25) is 12.2 Å². The van der Waals surface area contributed by atoms with Crippen LogP contribution >= 0.6 is 18.1 Å². The van der Waals surface area contributed by atoms with E-state index in [2.05, 4.69) is 4.99 Å². The van der Waals surface area contributed by atoms with E-state index in [1.54, 1.807) is 10.9 Å². The average molecular weight is 290 g/mol. The Morgan fingerprint density at radius 2 is 2.28 bits per heavy atom. The molecule has 0 bridgehead atoms. The van der Waals surface area contributed by atoms with Crippen molar-refractivity contribution in [1.29, 1.82) is 5.26 Å². The van der Waals surface area contributed by atoms with E-state index < -0.39 is 6.72 Å². The molecule has 0 aromatic carbocycles. The molecule has 0 saturated carbocycles. The van der Waals surface area contributed by atoms with Crippen molar-refractivity contribution in [2.45, 2.75) is 20.3 Å². The van der Waals surface area contributed by atoms with Crippen LogP contribution in [0.15, 0.2) is 4.99 Å². The van der Waals surface area contributed by atoms with Gasteiger partial charge in [-0.1, -0.05) is 6.92 Å². The van der Waals surface area contributed by atoms with Crippen molar-refractivity contribution in [2.75, 3.05) is 32.5 Å². The molecule has 0 radical (unpaired) electrons. The molecule has 0 aromatic heterocycles. The van der Waals surface area contributed by atoms with Crippen LogP contribution in [0.1, 0.15) is 20.3 Å². The van der Waals surface area contributed by atoms with Crippen LogP contribution in [0.5, 0.6) is 0 Å². The lowest BCUT2D eigenvalue weighted by Crippen LogP contribution is -2.29. The SMILES string of the molecule is CCCSP(=O)(OCC)N1CCN(C)C1=NC#N. The van der Waals surface area contributed by atoms with Crippen molar-refractivity contribution >= 4 is 24.1 Å². The van der Waals surface area contributed by atoms with E-state index in [0.29, 0.717) is 25.7 Å². The molecule has 1 saturated heterocycles. The van der Waals surface area contributed by atoms with E-state index in [1.807, 2.05) is 25.8 Å². The maximum absolute atomic E-state index is 12.9. The molecule has 1 aliphatic rings. The number of hydrogen-bond donors (Lipinski definition) is 0. The molecule has 0 aliphatic carbocycles. The van der Waals surface area contributed by atoms with Gasteiger partial charge in [-0.25, -0.2) is 0 Å². The Kier molecular flexibility index (Phi) is 6.00. The van der Waals surface area contributed by atoms with Crippen LogP contribution in [0.25, 0.3) is 0 Å². The minimum absolute atomic E-state index is 0.383. The summed E-state index contributed by atoms with van der Waals surface area (Å²) in [4.78, 5) is 5.57. The van der Waals surface area contributed by atoms with Gasteiger partial charge in [-0.05, 0) is 24.7 Å². The fourth-order valence-corrected chi connectivity index (χ4v) is 6.11. The van der Waals surface area contributed by atoms with Crippen LogP contribution in [-0.2, 0) is 9.09 Å². The standard InChI is InChI=1S/C10H19N4O2PS/c1-4-8-18-17(15,16-5-2)14-7-6-13(3)10(14)12-9-11/h4-8H2,1-3H3. The number of guanidine groups is 1. The molecule has 6 nitrogen and oxygen atoms in total. The van der Waals surface area contributed by atoms with E-state index >= 15 is 0 Å². The Morgan fingerprint density at radius 1 is 1.56 bits per heavy atom. The van der Waals surface area contributed by atoms with Gasteiger partial charge in [0.15, 0.2) is 0 Å². The van der Waals surface area contributed by atoms with Gasteiger partial charge < -0.3 is 9.42 Å². The molecule has 8 heteroatoms. The molecule has 0 N–H and O–H groups in total. The van der Waals surface area contributed by atoms with Crippen molar-refractivity contribution in [2.24, 2.45) is 4.99 Å². The highest BCUT2D eigenvalue weighted by Crippen LogP contribution is 2.63. The largest absolute Gasteiger partial charge is 0.355 e. The Hall–Kier alpha value is -0.700. The van der Waals surface area contributed by atoms with Crippen LogP contribution in [0.4, 0.5) is 0 Å². The molecule has 1 fully saturated rings. The van der Waals surface area contributed by atoms with Crippen LogP contribution in [0, 0.1) is 11.5 Å². The van der Waals surface area contributed by atoms with Gasteiger partial charge >= 0.3 is 6.72 Å². The fourth-order valence-electron chi connectivity index (χ4n) is 1.61. The maximum Gasteiger partial charge on any atom is 0.355 e. The van der Waals surface area contributed by atoms with Gasteiger partial charge in [-0.3, -0.25) is 9.24 Å². The number of aliphatic imine (C=N–C) groups is 1. The number of nitriles is 1. The summed E-state index contributed by atoms with van der Waals surface area (Å²) >= 11 is 1.32. The number of rotatable bonds is 6. The Morgan fingerprint density at radius 3 is 2.83 bits per heavy atom. The first-order valence-electron chi connectivity index (χ1n) is 5.94. The minimum Gasteiger partial charge on any atom is -0.343 e. The molecular formula is C10H19N4O2PS. The summed E-state index contributed by atoms with van der Waals surface area (Å²) in [6.45, 7) is 2.53. The summed E-state index contributed by atoms with van der Waals surface area (Å²) in [6.07, 6.45) is 2.69. The smallest absolute Gasteiger partial charge is 0.343 e. The third kappa shape index (κ3) is 3.41. The van der Waals surface area contributed by atoms with E-state index in [9.17, 15) is 4.57 Å². The highest BCUT2D eigenvalue weighted by molar-refractivity contribution is 8.56. The molecule has 1 aliphatic heterocycles. The first kappa shape index (κ1) is 15.4. The first-order valence-corrected chi connectivity index (χ1v) is 9.11. The molecule has 1 unspecified atom stereocenters. The van der Waals surface area contributed by atoms with Gasteiger partial charge in [-0.15, -0.1) is 4.99 Å². The quantitative estimate of drug-likeness (QED) is 0.552. The fraction of sp³-hybridized carbons (Fsp3) is 0.800. The lowest BCUT2D eigenvalue weighted by atomic mass is 10.6. The van der Waals surface area contributed by atoms with Gasteiger partial charge in [0, 0.05) is 25.9 Å². The molecular weight excluding hydrogens is 271 g/mol. The zero-order chi connectivity index (χ0) is 13.6. The van der Waals surface area contributed by atoms with Crippen LogP contribution in [0.3, 0.4) is 0 Å². The lowest BCUT2D eigenvalue weighted by Gasteiger charge is -2.27. The lowest BCUT2D eigenvalue weighted by molar-refractivity contribution is 0.320. The highest BCUT2D eigenvalue weighted by Gasteiger charge is 2.39. The van der Waals surface area contributed by atoms with Gasteiger partial charge in [0.05, 0.1) is 6.61 Å². The second kappa shape index (κ2) is 7.03. The van der Waals surface area contributed by atoms with Gasteiger partial charge in [0.1, 0.15) is 0 Å². The van der Waals surface area contributed by atoms with Crippen molar-refractivity contribution in [3.8, 4) is 6.19 Å². The monoisotopic (exact) mass is 290 g/mol. The Labute approximate surface area is 112 Å². The predicted octanol–water partition coefficient (Wildman–Crippen LogP) is 2.36. The van der Waals surface area contributed by atoms with Crippen LogP contribution < -0.4 is 0 Å². The molecule has 1 rings (SSSR count). The summed E-state index contributed by atoms with van der Waals surface area (Å²) in [5.74, 6) is 1.20. The minimum atomic E-state index is -2.98. The normalized spacial score (nSPS) is 21.1.